The number of hydrogen-bond acceptors (Lipinski definition) is 4. The predicted octanol–water partition coefficient (Wildman–Crippen LogP) is 3.57. The van der Waals surface area contributed by atoms with Crippen LogP contribution in [0.4, 0.5) is 5.69 Å². The lowest BCUT2D eigenvalue weighted by Crippen LogP contribution is -1.99. The number of hydrogen-bond donors (Lipinski definition) is 1. The van der Waals surface area contributed by atoms with Gasteiger partial charge in [0.15, 0.2) is 12.1 Å². The quantitative estimate of drug-likeness (QED) is 0.526. The highest BCUT2D eigenvalue weighted by molar-refractivity contribution is 7.17. The van der Waals surface area contributed by atoms with Crippen molar-refractivity contribution in [1.29, 1.82) is 0 Å². The molecule has 0 spiro atoms. The number of benzene rings is 1. The van der Waals surface area contributed by atoms with Crippen molar-refractivity contribution in [2.45, 2.75) is 20.3 Å². The highest BCUT2D eigenvalue weighted by Gasteiger charge is 2.11. The van der Waals surface area contributed by atoms with Crippen LogP contribution in [0.2, 0.25) is 0 Å². The van der Waals surface area contributed by atoms with Crippen molar-refractivity contribution in [3.05, 3.63) is 40.3 Å². The molecule has 0 aliphatic heterocycles. The lowest BCUT2D eigenvalue weighted by atomic mass is 10.0. The molecule has 0 saturated heterocycles. The summed E-state index contributed by atoms with van der Waals surface area (Å²) in [5.74, 6) is 0.0537. The summed E-state index contributed by atoms with van der Waals surface area (Å²) in [4.78, 5) is 24.1. The predicted molar refractivity (Wildman–Crippen MR) is 78.9 cm³/mol. The Morgan fingerprint density at radius 2 is 2.11 bits per heavy atom. The zero-order chi connectivity index (χ0) is 14.0. The van der Waals surface area contributed by atoms with Crippen LogP contribution in [-0.4, -0.2) is 12.1 Å². The molecule has 0 amide bonds. The van der Waals surface area contributed by atoms with E-state index in [0.29, 0.717) is 11.3 Å². The molecule has 0 unspecified atom stereocenters. The summed E-state index contributed by atoms with van der Waals surface area (Å²) in [5, 5.41) is 0. The molecular weight excluding hydrogens is 258 g/mol. The molecule has 0 fully saturated rings. The van der Waals surface area contributed by atoms with Gasteiger partial charge in [0.05, 0.1) is 4.88 Å². The molecule has 1 aromatic carbocycles. The molecule has 2 aromatic rings. The first-order valence-corrected chi connectivity index (χ1v) is 6.87. The highest BCUT2D eigenvalue weighted by atomic mass is 32.1. The summed E-state index contributed by atoms with van der Waals surface area (Å²) in [7, 11) is 0. The number of rotatable bonds is 4. The molecule has 0 atom stereocenters. The molecule has 0 bridgehead atoms. The number of ketones is 1. The van der Waals surface area contributed by atoms with E-state index in [1.807, 2.05) is 25.1 Å². The molecule has 2 N–H and O–H groups in total. The second-order valence-corrected chi connectivity index (χ2v) is 5.41. The van der Waals surface area contributed by atoms with E-state index in [9.17, 15) is 9.59 Å². The number of carbonyl (C=O) groups is 2. The molecule has 3 nitrogen and oxygen atoms in total. The minimum Gasteiger partial charge on any atom is -0.398 e. The molecular formula is C15H15NO2S. The van der Waals surface area contributed by atoms with Crippen molar-refractivity contribution in [2.24, 2.45) is 0 Å². The summed E-state index contributed by atoms with van der Waals surface area (Å²) in [6.07, 6.45) is 1.54. The monoisotopic (exact) mass is 273 g/mol. The Morgan fingerprint density at radius 3 is 2.63 bits per heavy atom. The minimum absolute atomic E-state index is 0.0537. The Bertz CT molecular complexity index is 644. The van der Waals surface area contributed by atoms with Crippen LogP contribution in [0.25, 0.3) is 10.4 Å². The standard InChI is InChI=1S/C15H15NO2S/c1-3-10-6-11(7-12(8-17)15(10)16)14-5-4-13(19-14)9(2)18/h4-8H,3,16H2,1-2H3. The van der Waals surface area contributed by atoms with Crippen molar-refractivity contribution in [1.82, 2.24) is 0 Å². The Balaban J connectivity index is 2.55. The van der Waals surface area contributed by atoms with E-state index in [1.165, 1.54) is 11.3 Å². The third-order valence-electron chi connectivity index (χ3n) is 3.04. The van der Waals surface area contributed by atoms with Gasteiger partial charge >= 0.3 is 0 Å². The molecule has 4 heteroatoms. The summed E-state index contributed by atoms with van der Waals surface area (Å²) < 4.78 is 0. The van der Waals surface area contributed by atoms with Gasteiger partial charge in [0.25, 0.3) is 0 Å². The maximum atomic E-state index is 11.3. The average molecular weight is 273 g/mol. The van der Waals surface area contributed by atoms with Crippen LogP contribution in [0.3, 0.4) is 0 Å². The molecule has 19 heavy (non-hydrogen) atoms. The maximum absolute atomic E-state index is 11.3. The van der Waals surface area contributed by atoms with Gasteiger partial charge in [-0.25, -0.2) is 0 Å². The van der Waals surface area contributed by atoms with Crippen LogP contribution in [0, 0.1) is 0 Å². The van der Waals surface area contributed by atoms with Crippen molar-refractivity contribution < 1.29 is 9.59 Å². The normalized spacial score (nSPS) is 10.4. The Hall–Kier alpha value is -1.94. The zero-order valence-corrected chi connectivity index (χ0v) is 11.7. The van der Waals surface area contributed by atoms with Gasteiger partial charge in [0.2, 0.25) is 0 Å². The van der Waals surface area contributed by atoms with Crippen molar-refractivity contribution >= 4 is 29.1 Å². The molecule has 98 valence electrons. The topological polar surface area (TPSA) is 60.2 Å². The largest absolute Gasteiger partial charge is 0.398 e. The third-order valence-corrected chi connectivity index (χ3v) is 4.28. The Morgan fingerprint density at radius 1 is 1.37 bits per heavy atom. The van der Waals surface area contributed by atoms with E-state index in [4.69, 9.17) is 5.73 Å². The Kier molecular flexibility index (Phi) is 3.81. The fourth-order valence-electron chi connectivity index (χ4n) is 1.95. The number of Topliss-reactive ketones (excluding diaryl/α,β-unsaturated/α-hetero) is 1. The average Bonchev–Trinajstić information content (AvgIpc) is 2.89. The van der Waals surface area contributed by atoms with Crippen LogP contribution < -0.4 is 5.73 Å². The van der Waals surface area contributed by atoms with E-state index in [1.54, 1.807) is 13.0 Å². The summed E-state index contributed by atoms with van der Waals surface area (Å²) in [6, 6.07) is 7.47. The summed E-state index contributed by atoms with van der Waals surface area (Å²) in [5.41, 5.74) is 8.87. The zero-order valence-electron chi connectivity index (χ0n) is 10.9. The Labute approximate surface area is 116 Å². The molecule has 0 saturated carbocycles. The minimum atomic E-state index is 0.0537. The van der Waals surface area contributed by atoms with Gasteiger partial charge in [0, 0.05) is 16.1 Å². The van der Waals surface area contributed by atoms with Crippen LogP contribution in [0.15, 0.2) is 24.3 Å². The van der Waals surface area contributed by atoms with Gasteiger partial charge in [-0.05, 0) is 48.7 Å². The number of anilines is 1. The number of nitrogen functional groups attached to an aromatic ring is 1. The van der Waals surface area contributed by atoms with E-state index in [0.717, 1.165) is 33.6 Å². The van der Waals surface area contributed by atoms with E-state index < -0.39 is 0 Å². The second kappa shape index (κ2) is 5.36. The van der Waals surface area contributed by atoms with Crippen LogP contribution >= 0.6 is 11.3 Å². The maximum Gasteiger partial charge on any atom is 0.169 e. The lowest BCUT2D eigenvalue weighted by Gasteiger charge is -2.08. The molecule has 2 rings (SSSR count). The van der Waals surface area contributed by atoms with Gasteiger partial charge in [-0.3, -0.25) is 9.59 Å². The first kappa shape index (κ1) is 13.5. The molecule has 0 aliphatic rings. The van der Waals surface area contributed by atoms with E-state index in [-0.39, 0.29) is 5.78 Å². The van der Waals surface area contributed by atoms with E-state index >= 15 is 0 Å². The number of thiophene rings is 1. The fraction of sp³-hybridized carbons (Fsp3) is 0.200. The van der Waals surface area contributed by atoms with Crippen molar-refractivity contribution in [3.63, 3.8) is 0 Å². The number of aryl methyl sites for hydroxylation is 1. The van der Waals surface area contributed by atoms with Gasteiger partial charge in [-0.1, -0.05) is 6.92 Å². The molecule has 1 aromatic heterocycles. The van der Waals surface area contributed by atoms with Crippen LogP contribution in [-0.2, 0) is 6.42 Å². The van der Waals surface area contributed by atoms with Gasteiger partial charge in [0.1, 0.15) is 0 Å². The third kappa shape index (κ3) is 2.58. The van der Waals surface area contributed by atoms with Crippen LogP contribution in [0.5, 0.6) is 0 Å². The summed E-state index contributed by atoms with van der Waals surface area (Å²) >= 11 is 1.43. The second-order valence-electron chi connectivity index (χ2n) is 4.33. The molecule has 0 radical (unpaired) electrons. The van der Waals surface area contributed by atoms with Crippen LogP contribution in [0.1, 0.15) is 39.4 Å². The highest BCUT2D eigenvalue weighted by Crippen LogP contribution is 2.32. The first-order valence-electron chi connectivity index (χ1n) is 6.05. The van der Waals surface area contributed by atoms with Gasteiger partial charge < -0.3 is 5.73 Å². The smallest absolute Gasteiger partial charge is 0.169 e. The SMILES string of the molecule is CCc1cc(-c2ccc(C(C)=O)s2)cc(C=O)c1N. The van der Waals surface area contributed by atoms with Crippen molar-refractivity contribution in [3.8, 4) is 10.4 Å². The van der Waals surface area contributed by atoms with Crippen molar-refractivity contribution in [2.75, 3.05) is 5.73 Å². The number of aldehydes is 1. The molecule has 0 aliphatic carbocycles. The first-order chi connectivity index (χ1) is 9.06. The van der Waals surface area contributed by atoms with Gasteiger partial charge in [-0.15, -0.1) is 11.3 Å². The fourth-order valence-corrected chi connectivity index (χ4v) is 2.84. The molecule has 1 heterocycles. The number of carbonyl (C=O) groups excluding carboxylic acids is 2. The lowest BCUT2D eigenvalue weighted by molar-refractivity contribution is 0.102. The number of nitrogens with two attached hydrogens (primary N) is 1. The summed E-state index contributed by atoms with van der Waals surface area (Å²) in [6.45, 7) is 3.55. The van der Waals surface area contributed by atoms with E-state index in [2.05, 4.69) is 0 Å². The van der Waals surface area contributed by atoms with Gasteiger partial charge in [-0.2, -0.15) is 0 Å².